The van der Waals surface area contributed by atoms with Gasteiger partial charge in [0.15, 0.2) is 0 Å². The topological polar surface area (TPSA) is 46.5 Å². The summed E-state index contributed by atoms with van der Waals surface area (Å²) in [5, 5.41) is 8.67. The molecule has 1 N–H and O–H groups in total. The molecule has 3 nitrogen and oxygen atoms in total. The molecule has 0 aliphatic carbocycles. The van der Waals surface area contributed by atoms with Crippen LogP contribution in [-0.2, 0) is 11.2 Å². The molecule has 4 heteroatoms. The van der Waals surface area contributed by atoms with E-state index >= 15 is 0 Å². The van der Waals surface area contributed by atoms with Crippen LogP contribution >= 0.6 is 15.9 Å². The van der Waals surface area contributed by atoms with Crippen LogP contribution in [0.15, 0.2) is 16.6 Å². The molecule has 1 aromatic rings. The number of aliphatic carboxylic acids is 1. The molecule has 0 aromatic heterocycles. The lowest BCUT2D eigenvalue weighted by atomic mass is 9.96. The van der Waals surface area contributed by atoms with E-state index in [0.717, 1.165) is 21.3 Å². The first-order chi connectivity index (χ1) is 8.45. The van der Waals surface area contributed by atoms with Gasteiger partial charge >= 0.3 is 5.97 Å². The first kappa shape index (κ1) is 15.0. The van der Waals surface area contributed by atoms with Crippen molar-refractivity contribution >= 4 is 21.9 Å². The number of methoxy groups -OCH3 is 1. The highest BCUT2D eigenvalue weighted by atomic mass is 79.9. The summed E-state index contributed by atoms with van der Waals surface area (Å²) in [6.07, 6.45) is 1.53. The second kappa shape index (κ2) is 6.78. The van der Waals surface area contributed by atoms with Crippen molar-refractivity contribution in [2.75, 3.05) is 7.11 Å². The number of carbonyl (C=O) groups is 1. The Kier molecular flexibility index (Phi) is 5.66. The summed E-state index contributed by atoms with van der Waals surface area (Å²) in [5.74, 6) is 0.502. The van der Waals surface area contributed by atoms with Crippen LogP contribution in [0.3, 0.4) is 0 Å². The normalized spacial score (nSPS) is 10.7. The van der Waals surface area contributed by atoms with Gasteiger partial charge in [0.05, 0.1) is 7.11 Å². The predicted molar refractivity (Wildman–Crippen MR) is 75.4 cm³/mol. The van der Waals surface area contributed by atoms with Crippen LogP contribution in [0.2, 0.25) is 0 Å². The first-order valence-corrected chi connectivity index (χ1v) is 6.83. The predicted octanol–water partition coefficient (Wildman–Crippen LogP) is 3.99. The van der Waals surface area contributed by atoms with E-state index < -0.39 is 5.97 Å². The monoisotopic (exact) mass is 314 g/mol. The lowest BCUT2D eigenvalue weighted by Gasteiger charge is -2.16. The average molecular weight is 315 g/mol. The smallest absolute Gasteiger partial charge is 0.303 e. The summed E-state index contributed by atoms with van der Waals surface area (Å²) in [6.45, 7) is 4.23. The molecule has 0 amide bonds. The Morgan fingerprint density at radius 1 is 1.44 bits per heavy atom. The molecule has 0 bridgehead atoms. The van der Waals surface area contributed by atoms with E-state index in [-0.39, 0.29) is 6.42 Å². The maximum absolute atomic E-state index is 10.5. The van der Waals surface area contributed by atoms with Crippen LogP contribution in [0, 0.1) is 0 Å². The molecule has 0 saturated heterocycles. The standard InChI is InChI=1S/C14H19BrO3/c1-9(2)12-8-11(15)7-10(14(12)18-3)5-4-6-13(16)17/h7-9H,4-6H2,1-3H3,(H,16,17). The fraction of sp³-hybridized carbons (Fsp3) is 0.500. The third kappa shape index (κ3) is 4.02. The van der Waals surface area contributed by atoms with Gasteiger partial charge in [-0.25, -0.2) is 0 Å². The van der Waals surface area contributed by atoms with Crippen molar-refractivity contribution in [1.82, 2.24) is 0 Å². The fourth-order valence-electron chi connectivity index (χ4n) is 1.97. The first-order valence-electron chi connectivity index (χ1n) is 6.03. The number of ether oxygens (including phenoxy) is 1. The van der Waals surface area contributed by atoms with E-state index in [9.17, 15) is 4.79 Å². The van der Waals surface area contributed by atoms with E-state index in [1.54, 1.807) is 7.11 Å². The minimum absolute atomic E-state index is 0.187. The molecular weight excluding hydrogens is 296 g/mol. The molecule has 18 heavy (non-hydrogen) atoms. The maximum Gasteiger partial charge on any atom is 0.303 e. The van der Waals surface area contributed by atoms with Gasteiger partial charge < -0.3 is 9.84 Å². The van der Waals surface area contributed by atoms with Gasteiger partial charge in [0.2, 0.25) is 0 Å². The number of halogens is 1. The van der Waals surface area contributed by atoms with Crippen LogP contribution in [0.1, 0.15) is 43.7 Å². The number of carboxylic acids is 1. The minimum Gasteiger partial charge on any atom is -0.496 e. The molecular formula is C14H19BrO3. The summed E-state index contributed by atoms with van der Waals surface area (Å²) in [7, 11) is 1.66. The van der Waals surface area contributed by atoms with Crippen LogP contribution < -0.4 is 4.74 Å². The lowest BCUT2D eigenvalue weighted by molar-refractivity contribution is -0.137. The van der Waals surface area contributed by atoms with E-state index in [4.69, 9.17) is 9.84 Å². The second-order valence-electron chi connectivity index (χ2n) is 4.59. The van der Waals surface area contributed by atoms with Gasteiger partial charge in [-0.1, -0.05) is 29.8 Å². The number of hydrogen-bond donors (Lipinski definition) is 1. The van der Waals surface area contributed by atoms with Crippen molar-refractivity contribution in [3.05, 3.63) is 27.7 Å². The summed E-state index contributed by atoms with van der Waals surface area (Å²) in [5.41, 5.74) is 2.22. The lowest BCUT2D eigenvalue weighted by Crippen LogP contribution is -2.01. The summed E-state index contributed by atoms with van der Waals surface area (Å²) >= 11 is 3.49. The van der Waals surface area contributed by atoms with Crippen LogP contribution in [-0.4, -0.2) is 18.2 Å². The van der Waals surface area contributed by atoms with Crippen molar-refractivity contribution in [3.8, 4) is 5.75 Å². The molecule has 0 unspecified atom stereocenters. The third-order valence-corrected chi connectivity index (χ3v) is 3.28. The number of carboxylic acid groups (broad SMARTS) is 1. The molecule has 0 spiro atoms. The highest BCUT2D eigenvalue weighted by molar-refractivity contribution is 9.10. The van der Waals surface area contributed by atoms with E-state index in [2.05, 4.69) is 35.8 Å². The Morgan fingerprint density at radius 3 is 2.61 bits per heavy atom. The van der Waals surface area contributed by atoms with Crippen LogP contribution in [0.5, 0.6) is 5.75 Å². The molecule has 100 valence electrons. The summed E-state index contributed by atoms with van der Waals surface area (Å²) < 4.78 is 6.49. The van der Waals surface area contributed by atoms with Gasteiger partial charge in [0.1, 0.15) is 5.75 Å². The van der Waals surface area contributed by atoms with Gasteiger partial charge in [-0.3, -0.25) is 4.79 Å². The quantitative estimate of drug-likeness (QED) is 0.863. The molecule has 1 aromatic carbocycles. The largest absolute Gasteiger partial charge is 0.496 e. The average Bonchev–Trinajstić information content (AvgIpc) is 2.27. The molecule has 0 fully saturated rings. The Bertz CT molecular complexity index is 427. The number of aryl methyl sites for hydroxylation is 1. The second-order valence-corrected chi connectivity index (χ2v) is 5.51. The van der Waals surface area contributed by atoms with E-state index in [1.165, 1.54) is 0 Å². The summed E-state index contributed by atoms with van der Waals surface area (Å²) in [6, 6.07) is 4.07. The SMILES string of the molecule is COc1c(CCCC(=O)O)cc(Br)cc1C(C)C. The number of hydrogen-bond acceptors (Lipinski definition) is 2. The van der Waals surface area contributed by atoms with Gasteiger partial charge in [0.25, 0.3) is 0 Å². The minimum atomic E-state index is -0.756. The fourth-order valence-corrected chi connectivity index (χ4v) is 2.49. The molecule has 0 aliphatic rings. The van der Waals surface area contributed by atoms with Crippen molar-refractivity contribution in [2.24, 2.45) is 0 Å². The van der Waals surface area contributed by atoms with Crippen LogP contribution in [0.4, 0.5) is 0 Å². The van der Waals surface area contributed by atoms with Crippen molar-refractivity contribution in [1.29, 1.82) is 0 Å². The van der Waals surface area contributed by atoms with E-state index in [0.29, 0.717) is 18.8 Å². The van der Waals surface area contributed by atoms with Crippen LogP contribution in [0.25, 0.3) is 0 Å². The summed E-state index contributed by atoms with van der Waals surface area (Å²) in [4.78, 5) is 10.5. The third-order valence-electron chi connectivity index (χ3n) is 2.82. The zero-order chi connectivity index (χ0) is 13.7. The molecule has 0 heterocycles. The van der Waals surface area contributed by atoms with Crippen molar-refractivity contribution in [2.45, 2.75) is 39.0 Å². The molecule has 0 saturated carbocycles. The highest BCUT2D eigenvalue weighted by Crippen LogP contribution is 2.34. The van der Waals surface area contributed by atoms with Gasteiger partial charge in [-0.15, -0.1) is 0 Å². The van der Waals surface area contributed by atoms with Crippen molar-refractivity contribution in [3.63, 3.8) is 0 Å². The molecule has 0 aliphatic heterocycles. The van der Waals surface area contributed by atoms with Gasteiger partial charge in [0, 0.05) is 10.9 Å². The van der Waals surface area contributed by atoms with Gasteiger partial charge in [-0.05, 0) is 42.0 Å². The van der Waals surface area contributed by atoms with Crippen molar-refractivity contribution < 1.29 is 14.6 Å². The Hall–Kier alpha value is -1.03. The number of benzene rings is 1. The van der Waals surface area contributed by atoms with E-state index in [1.807, 2.05) is 6.07 Å². The Balaban J connectivity index is 2.98. The zero-order valence-corrected chi connectivity index (χ0v) is 12.6. The highest BCUT2D eigenvalue weighted by Gasteiger charge is 2.13. The zero-order valence-electron chi connectivity index (χ0n) is 11.0. The molecule has 0 atom stereocenters. The number of rotatable bonds is 6. The Labute approximate surface area is 116 Å². The molecule has 0 radical (unpaired) electrons. The Morgan fingerprint density at radius 2 is 2.11 bits per heavy atom. The maximum atomic E-state index is 10.5. The van der Waals surface area contributed by atoms with Gasteiger partial charge in [-0.2, -0.15) is 0 Å². The molecule has 1 rings (SSSR count).